The van der Waals surface area contributed by atoms with E-state index in [-0.39, 0.29) is 11.3 Å². The van der Waals surface area contributed by atoms with Gasteiger partial charge in [0.2, 0.25) is 0 Å². The Kier molecular flexibility index (Phi) is 3.21. The van der Waals surface area contributed by atoms with E-state index in [9.17, 15) is 4.79 Å². The molecule has 4 bridgehead atoms. The lowest BCUT2D eigenvalue weighted by molar-refractivity contribution is -0.149. The van der Waals surface area contributed by atoms with Gasteiger partial charge in [0.25, 0.3) is 5.91 Å². The lowest BCUT2D eigenvalue weighted by atomic mass is 9.43. The van der Waals surface area contributed by atoms with E-state index >= 15 is 0 Å². The van der Waals surface area contributed by atoms with Gasteiger partial charge >= 0.3 is 0 Å². The highest BCUT2D eigenvalue weighted by atomic mass is 16.2. The molecule has 6 rings (SSSR count). The minimum atomic E-state index is -0.819. The molecule has 1 atom stereocenters. The van der Waals surface area contributed by atoms with E-state index in [0.29, 0.717) is 5.96 Å². The molecule has 1 aromatic rings. The number of hydrogen-bond donors (Lipinski definition) is 1. The molecule has 4 aliphatic carbocycles. The van der Waals surface area contributed by atoms with E-state index in [1.54, 1.807) is 11.9 Å². The normalized spacial score (nSPS) is 41.0. The number of likely N-dealkylation sites (N-methyl/N-ethyl adjacent to an activating group) is 1. The van der Waals surface area contributed by atoms with Crippen LogP contribution in [0.25, 0.3) is 0 Å². The highest BCUT2D eigenvalue weighted by molar-refractivity contribution is 6.07. The number of amides is 1. The molecule has 4 saturated carbocycles. The number of benzene rings is 1. The minimum Gasteiger partial charge on any atom is -0.369 e. The van der Waals surface area contributed by atoms with Gasteiger partial charge < -0.3 is 5.73 Å². The lowest BCUT2D eigenvalue weighted by Gasteiger charge is -2.61. The van der Waals surface area contributed by atoms with Gasteiger partial charge in [-0.2, -0.15) is 0 Å². The largest absolute Gasteiger partial charge is 0.369 e. The molecule has 138 valence electrons. The van der Waals surface area contributed by atoms with Crippen LogP contribution in [0.1, 0.15) is 55.2 Å². The number of nitrogens with zero attached hydrogens (tertiary/aromatic N) is 2. The molecule has 4 fully saturated rings. The number of aliphatic imine (C=N–C) groups is 1. The predicted molar refractivity (Wildman–Crippen MR) is 103 cm³/mol. The number of guanidine groups is 1. The van der Waals surface area contributed by atoms with Gasteiger partial charge in [-0.25, -0.2) is 4.99 Å². The molecule has 1 unspecified atom stereocenters. The number of rotatable bonds is 2. The van der Waals surface area contributed by atoms with E-state index in [1.807, 2.05) is 0 Å². The molecular formula is C22H29N3O. The third-order valence-electron chi connectivity index (χ3n) is 7.97. The Morgan fingerprint density at radius 2 is 1.62 bits per heavy atom. The van der Waals surface area contributed by atoms with E-state index in [0.717, 1.165) is 42.6 Å². The van der Waals surface area contributed by atoms with E-state index in [1.165, 1.54) is 30.4 Å². The summed E-state index contributed by atoms with van der Waals surface area (Å²) < 4.78 is 0. The van der Waals surface area contributed by atoms with Crippen molar-refractivity contribution in [2.75, 3.05) is 7.05 Å². The molecule has 5 aliphatic rings. The maximum atomic E-state index is 13.7. The summed E-state index contributed by atoms with van der Waals surface area (Å²) in [5.74, 6) is 2.75. The van der Waals surface area contributed by atoms with Gasteiger partial charge in [-0.15, -0.1) is 0 Å². The number of aryl methyl sites for hydroxylation is 2. The van der Waals surface area contributed by atoms with E-state index < -0.39 is 5.54 Å². The molecule has 2 N–H and O–H groups in total. The third-order valence-corrected chi connectivity index (χ3v) is 7.97. The highest BCUT2D eigenvalue weighted by Gasteiger charge is 2.67. The van der Waals surface area contributed by atoms with Crippen molar-refractivity contribution in [1.82, 2.24) is 4.90 Å². The van der Waals surface area contributed by atoms with Crippen molar-refractivity contribution in [3.8, 4) is 0 Å². The maximum Gasteiger partial charge on any atom is 0.262 e. The van der Waals surface area contributed by atoms with Crippen LogP contribution < -0.4 is 5.73 Å². The molecular weight excluding hydrogens is 322 g/mol. The number of hydrogen-bond acceptors (Lipinski definition) is 3. The SMILES string of the molecule is Cc1ccc(C2(C34CC5CC(CC(C5)C3)C4)N=C(N)N(C)C2=O)cc1C. The number of carbonyl (C=O) groups excluding carboxylic acids is 1. The van der Waals surface area contributed by atoms with Crippen LogP contribution in [0.3, 0.4) is 0 Å². The second kappa shape index (κ2) is 5.11. The molecule has 0 spiro atoms. The fraction of sp³-hybridized carbons (Fsp3) is 0.636. The first kappa shape index (κ1) is 16.3. The van der Waals surface area contributed by atoms with Crippen molar-refractivity contribution in [2.45, 2.75) is 57.9 Å². The van der Waals surface area contributed by atoms with Crippen LogP contribution in [-0.4, -0.2) is 23.8 Å². The smallest absolute Gasteiger partial charge is 0.262 e. The minimum absolute atomic E-state index is 0.0596. The summed E-state index contributed by atoms with van der Waals surface area (Å²) in [4.78, 5) is 20.3. The first-order valence-corrected chi connectivity index (χ1v) is 10.1. The number of nitrogens with two attached hydrogens (primary N) is 1. The Hall–Kier alpha value is -1.84. The van der Waals surface area contributed by atoms with Gasteiger partial charge in [0.1, 0.15) is 0 Å². The Balaban J connectivity index is 1.74. The quantitative estimate of drug-likeness (QED) is 0.886. The molecule has 1 aromatic carbocycles. The Morgan fingerprint density at radius 1 is 1.04 bits per heavy atom. The predicted octanol–water partition coefficient (Wildman–Crippen LogP) is 3.50. The summed E-state index contributed by atoms with van der Waals surface area (Å²) in [6.45, 7) is 4.25. The van der Waals surface area contributed by atoms with Crippen molar-refractivity contribution < 1.29 is 4.79 Å². The summed E-state index contributed by atoms with van der Waals surface area (Å²) in [5.41, 5.74) is 8.88. The van der Waals surface area contributed by atoms with E-state index in [4.69, 9.17) is 10.7 Å². The molecule has 0 radical (unpaired) electrons. The maximum absolute atomic E-state index is 13.7. The zero-order valence-corrected chi connectivity index (χ0v) is 16.1. The average Bonchev–Trinajstić information content (AvgIpc) is 2.82. The van der Waals surface area contributed by atoms with Crippen LogP contribution >= 0.6 is 0 Å². The molecule has 26 heavy (non-hydrogen) atoms. The average molecular weight is 351 g/mol. The van der Waals surface area contributed by atoms with Crippen LogP contribution in [0.5, 0.6) is 0 Å². The molecule has 0 aromatic heterocycles. The van der Waals surface area contributed by atoms with Crippen molar-refractivity contribution >= 4 is 11.9 Å². The molecule has 4 nitrogen and oxygen atoms in total. The second-order valence-electron chi connectivity index (χ2n) is 9.54. The summed E-state index contributed by atoms with van der Waals surface area (Å²) in [6.07, 6.45) is 7.44. The van der Waals surface area contributed by atoms with Gasteiger partial charge in [0, 0.05) is 12.5 Å². The topological polar surface area (TPSA) is 58.7 Å². The summed E-state index contributed by atoms with van der Waals surface area (Å²) in [7, 11) is 1.78. The zero-order chi connectivity index (χ0) is 18.3. The van der Waals surface area contributed by atoms with Crippen molar-refractivity contribution in [3.63, 3.8) is 0 Å². The van der Waals surface area contributed by atoms with Crippen molar-refractivity contribution in [2.24, 2.45) is 33.9 Å². The summed E-state index contributed by atoms with van der Waals surface area (Å²) in [5, 5.41) is 0. The highest BCUT2D eigenvalue weighted by Crippen LogP contribution is 2.67. The van der Waals surface area contributed by atoms with Crippen molar-refractivity contribution in [3.05, 3.63) is 34.9 Å². The standard InChI is InChI=1S/C22H29N3O/c1-13-4-5-18(6-14(13)2)22(19(26)25(3)20(23)24-22)21-10-15-7-16(11-21)9-17(8-15)12-21/h4-6,15-17H,7-12H2,1-3H3,(H2,23,24). The van der Waals surface area contributed by atoms with Crippen molar-refractivity contribution in [1.29, 1.82) is 0 Å². The van der Waals surface area contributed by atoms with Gasteiger partial charge in [-0.1, -0.05) is 18.2 Å². The Labute approximate surface area is 155 Å². The summed E-state index contributed by atoms with van der Waals surface area (Å²) >= 11 is 0. The summed E-state index contributed by atoms with van der Waals surface area (Å²) in [6, 6.07) is 6.47. The van der Waals surface area contributed by atoms with Gasteiger partial charge in [-0.05, 0) is 86.8 Å². The monoisotopic (exact) mass is 351 g/mol. The lowest BCUT2D eigenvalue weighted by Crippen LogP contribution is -2.59. The van der Waals surface area contributed by atoms with Crippen LogP contribution in [0.15, 0.2) is 23.2 Å². The van der Waals surface area contributed by atoms with Crippen LogP contribution in [0, 0.1) is 37.0 Å². The van der Waals surface area contributed by atoms with Crippen LogP contribution in [0.2, 0.25) is 0 Å². The Morgan fingerprint density at radius 3 is 2.08 bits per heavy atom. The molecule has 1 heterocycles. The van der Waals surface area contributed by atoms with E-state index in [2.05, 4.69) is 32.0 Å². The van der Waals surface area contributed by atoms with Gasteiger partial charge in [-0.3, -0.25) is 9.69 Å². The fourth-order valence-corrected chi connectivity index (χ4v) is 7.00. The zero-order valence-electron chi connectivity index (χ0n) is 16.1. The Bertz CT molecular complexity index is 791. The second-order valence-corrected chi connectivity index (χ2v) is 9.54. The first-order valence-electron chi connectivity index (χ1n) is 10.1. The molecule has 0 saturated heterocycles. The molecule has 1 amide bonds. The first-order chi connectivity index (χ1) is 12.3. The molecule has 4 heteroatoms. The fourth-order valence-electron chi connectivity index (χ4n) is 7.00. The third kappa shape index (κ3) is 1.91. The van der Waals surface area contributed by atoms with Crippen LogP contribution in [-0.2, 0) is 10.3 Å². The number of carbonyl (C=O) groups is 1. The van der Waals surface area contributed by atoms with Gasteiger partial charge in [0.15, 0.2) is 11.5 Å². The van der Waals surface area contributed by atoms with Crippen LogP contribution in [0.4, 0.5) is 0 Å². The molecule has 1 aliphatic heterocycles. The van der Waals surface area contributed by atoms with Gasteiger partial charge in [0.05, 0.1) is 0 Å².